The monoisotopic (exact) mass is 403 g/mol. The third-order valence-corrected chi connectivity index (χ3v) is 6.57. The van der Waals surface area contributed by atoms with Gasteiger partial charge in [0.05, 0.1) is 5.69 Å². The van der Waals surface area contributed by atoms with E-state index in [1.54, 1.807) is 19.1 Å². The van der Waals surface area contributed by atoms with Crippen LogP contribution in [-0.2, 0) is 0 Å². The molecule has 0 amide bonds. The number of hydrogen-bond donors (Lipinski definition) is 2. The summed E-state index contributed by atoms with van der Waals surface area (Å²) >= 11 is 0. The van der Waals surface area contributed by atoms with Gasteiger partial charge in [-0.25, -0.2) is 4.98 Å². The molecule has 4 aromatic rings. The van der Waals surface area contributed by atoms with Crippen LogP contribution in [0.25, 0.3) is 33.4 Å². The average molecular weight is 403 g/mol. The molecule has 1 atom stereocenters. The summed E-state index contributed by atoms with van der Waals surface area (Å²) in [6.07, 6.45) is 6.84. The zero-order valence-corrected chi connectivity index (χ0v) is 17.4. The first-order valence-electron chi connectivity index (χ1n) is 10.6. The normalized spacial score (nSPS) is 22.2. The van der Waals surface area contributed by atoms with E-state index in [1.165, 1.54) is 12.8 Å². The van der Waals surface area contributed by atoms with Crippen LogP contribution in [-0.4, -0.2) is 35.9 Å². The van der Waals surface area contributed by atoms with Crippen LogP contribution in [0.2, 0.25) is 0 Å². The zero-order valence-electron chi connectivity index (χ0n) is 17.4. The van der Waals surface area contributed by atoms with Crippen molar-refractivity contribution in [3.05, 3.63) is 36.4 Å². The molecule has 1 unspecified atom stereocenters. The van der Waals surface area contributed by atoms with E-state index in [0.29, 0.717) is 39.8 Å². The molecule has 30 heavy (non-hydrogen) atoms. The summed E-state index contributed by atoms with van der Waals surface area (Å²) < 4.78 is 7.79. The van der Waals surface area contributed by atoms with Crippen molar-refractivity contribution in [2.45, 2.75) is 63.6 Å². The third kappa shape index (κ3) is 2.80. The average Bonchev–Trinajstić information content (AvgIpc) is 3.10. The molecule has 3 aromatic heterocycles. The lowest BCUT2D eigenvalue weighted by Crippen LogP contribution is -2.54. The summed E-state index contributed by atoms with van der Waals surface area (Å²) in [6, 6.07) is 7.89. The van der Waals surface area contributed by atoms with E-state index < -0.39 is 0 Å². The molecule has 1 spiro atoms. The quantitative estimate of drug-likeness (QED) is 0.513. The number of piperidine rings is 1. The van der Waals surface area contributed by atoms with Gasteiger partial charge in [-0.15, -0.1) is 10.2 Å². The number of nitrogens with zero attached hydrogens (tertiary/aromatic N) is 4. The number of aromatic nitrogens is 4. The largest absolute Gasteiger partial charge is 0.507 e. The Labute approximate surface area is 174 Å². The van der Waals surface area contributed by atoms with Gasteiger partial charge in [0.2, 0.25) is 0 Å². The van der Waals surface area contributed by atoms with E-state index in [0.717, 1.165) is 23.9 Å². The molecule has 0 bridgehead atoms. The molecule has 0 radical (unpaired) electrons. The van der Waals surface area contributed by atoms with Gasteiger partial charge in [-0.2, -0.15) is 0 Å². The first kappa shape index (κ1) is 17.9. The summed E-state index contributed by atoms with van der Waals surface area (Å²) in [4.78, 5) is 4.37. The van der Waals surface area contributed by atoms with Crippen molar-refractivity contribution >= 4 is 22.1 Å². The minimum absolute atomic E-state index is 0.111. The van der Waals surface area contributed by atoms with Gasteiger partial charge >= 0.3 is 0 Å². The summed E-state index contributed by atoms with van der Waals surface area (Å²) in [6.45, 7) is 6.37. The topological polar surface area (TPSA) is 89.0 Å². The second-order valence-electron chi connectivity index (χ2n) is 9.65. The summed E-state index contributed by atoms with van der Waals surface area (Å²) in [5.41, 5.74) is 3.81. The molecule has 154 valence electrons. The van der Waals surface area contributed by atoms with Crippen molar-refractivity contribution in [3.63, 3.8) is 0 Å². The van der Waals surface area contributed by atoms with Crippen LogP contribution in [0, 0.1) is 6.92 Å². The fourth-order valence-electron chi connectivity index (χ4n) is 5.27. The molecule has 7 nitrogen and oxygen atoms in total. The number of phenols is 1. The molecule has 1 saturated carbocycles. The van der Waals surface area contributed by atoms with Crippen LogP contribution in [0.1, 0.15) is 51.5 Å². The number of nitrogens with one attached hydrogen (secondary N) is 1. The van der Waals surface area contributed by atoms with Crippen LogP contribution in [0.4, 0.5) is 0 Å². The number of oxazole rings is 1. The number of aromatic hydroxyl groups is 1. The summed E-state index contributed by atoms with van der Waals surface area (Å²) in [5, 5.41) is 24.4. The summed E-state index contributed by atoms with van der Waals surface area (Å²) in [5.74, 6) is 0.681. The van der Waals surface area contributed by atoms with Crippen molar-refractivity contribution in [3.8, 4) is 17.0 Å². The summed E-state index contributed by atoms with van der Waals surface area (Å²) in [7, 11) is 0. The molecule has 1 aliphatic heterocycles. The van der Waals surface area contributed by atoms with Crippen LogP contribution >= 0.6 is 0 Å². The van der Waals surface area contributed by atoms with Gasteiger partial charge in [0.1, 0.15) is 11.3 Å². The Bertz CT molecular complexity index is 1290. The lowest BCUT2D eigenvalue weighted by atomic mass is 9.84. The van der Waals surface area contributed by atoms with E-state index in [2.05, 4.69) is 51.2 Å². The molecule has 6 rings (SSSR count). The lowest BCUT2D eigenvalue weighted by Gasteiger charge is -2.43. The van der Waals surface area contributed by atoms with Gasteiger partial charge in [0.25, 0.3) is 0 Å². The molecular formula is C23H25N5O2. The van der Waals surface area contributed by atoms with Gasteiger partial charge in [-0.05, 0) is 57.7 Å². The Morgan fingerprint density at radius 3 is 2.80 bits per heavy atom. The van der Waals surface area contributed by atoms with Gasteiger partial charge in [0.15, 0.2) is 17.1 Å². The maximum atomic E-state index is 10.5. The molecule has 1 saturated heterocycles. The molecule has 2 aliphatic rings. The maximum absolute atomic E-state index is 10.5. The second-order valence-corrected chi connectivity index (χ2v) is 9.65. The number of phenolic OH excluding ortho intramolecular Hbond substituents is 1. The molecule has 1 aliphatic carbocycles. The Kier molecular flexibility index (Phi) is 3.47. The molecule has 7 heteroatoms. The fourth-order valence-corrected chi connectivity index (χ4v) is 5.27. The van der Waals surface area contributed by atoms with E-state index in [-0.39, 0.29) is 11.3 Å². The van der Waals surface area contributed by atoms with Crippen molar-refractivity contribution in [2.75, 3.05) is 0 Å². The standard InChI is InChI=1S/C23H25N5O2/c1-13-24-18-9-16(19(29)10-20(18)30-13)17-8-14-4-7-28(21(14)26-25-17)15-11-22(2,3)27-23(12-15)5-6-23/h4,7-10,15,27,29H,5-6,11-12H2,1-3H3. The number of benzene rings is 1. The first-order chi connectivity index (χ1) is 14.3. The molecular weight excluding hydrogens is 378 g/mol. The minimum Gasteiger partial charge on any atom is -0.507 e. The van der Waals surface area contributed by atoms with Crippen LogP contribution in [0.3, 0.4) is 0 Å². The zero-order chi connectivity index (χ0) is 20.7. The van der Waals surface area contributed by atoms with Crippen LogP contribution in [0.5, 0.6) is 5.75 Å². The Hall–Kier alpha value is -2.93. The highest BCUT2D eigenvalue weighted by molar-refractivity contribution is 5.87. The van der Waals surface area contributed by atoms with Gasteiger partial charge in [0, 0.05) is 47.3 Å². The number of fused-ring (bicyclic) bond motifs is 2. The number of aryl methyl sites for hydroxylation is 1. The Morgan fingerprint density at radius 1 is 1.17 bits per heavy atom. The van der Waals surface area contributed by atoms with Gasteiger partial charge in [-0.1, -0.05) is 0 Å². The van der Waals surface area contributed by atoms with Crippen molar-refractivity contribution in [2.24, 2.45) is 0 Å². The highest BCUT2D eigenvalue weighted by atomic mass is 16.3. The molecule has 2 fully saturated rings. The Morgan fingerprint density at radius 2 is 2.00 bits per heavy atom. The van der Waals surface area contributed by atoms with E-state index in [1.807, 2.05) is 6.07 Å². The molecule has 2 N–H and O–H groups in total. The van der Waals surface area contributed by atoms with Crippen molar-refractivity contribution in [1.29, 1.82) is 0 Å². The molecule has 4 heterocycles. The highest BCUT2D eigenvalue weighted by Gasteiger charge is 2.51. The molecule has 1 aromatic carbocycles. The van der Waals surface area contributed by atoms with Gasteiger partial charge in [-0.3, -0.25) is 0 Å². The van der Waals surface area contributed by atoms with Crippen molar-refractivity contribution < 1.29 is 9.52 Å². The van der Waals surface area contributed by atoms with Crippen LogP contribution in [0.15, 0.2) is 34.9 Å². The van der Waals surface area contributed by atoms with Crippen LogP contribution < -0.4 is 5.32 Å². The second kappa shape index (κ2) is 5.82. The fraction of sp³-hybridized carbons (Fsp3) is 0.435. The van der Waals surface area contributed by atoms with Crippen molar-refractivity contribution in [1.82, 2.24) is 25.1 Å². The predicted molar refractivity (Wildman–Crippen MR) is 114 cm³/mol. The first-order valence-corrected chi connectivity index (χ1v) is 10.6. The van der Waals surface area contributed by atoms with E-state index in [4.69, 9.17) is 4.42 Å². The number of rotatable bonds is 2. The number of hydrogen-bond acceptors (Lipinski definition) is 6. The SMILES string of the molecule is Cc1nc2cc(-c3cc4ccn(C5CC(C)(C)NC6(CC6)C5)c4nn3)c(O)cc2o1. The highest BCUT2D eigenvalue weighted by Crippen LogP contribution is 2.49. The van der Waals surface area contributed by atoms with E-state index >= 15 is 0 Å². The lowest BCUT2D eigenvalue weighted by molar-refractivity contribution is 0.173. The predicted octanol–water partition coefficient (Wildman–Crippen LogP) is 4.49. The van der Waals surface area contributed by atoms with E-state index in [9.17, 15) is 5.11 Å². The maximum Gasteiger partial charge on any atom is 0.192 e. The smallest absolute Gasteiger partial charge is 0.192 e. The third-order valence-electron chi connectivity index (χ3n) is 6.57. The Balaban J connectivity index is 1.40. The van der Waals surface area contributed by atoms with Gasteiger partial charge < -0.3 is 19.4 Å². The minimum atomic E-state index is 0.111.